The molecule has 1 aliphatic rings. The molecule has 3 rings (SSSR count). The van der Waals surface area contributed by atoms with E-state index in [9.17, 15) is 4.79 Å². The van der Waals surface area contributed by atoms with Crippen molar-refractivity contribution in [3.8, 4) is 11.3 Å². The number of rotatable bonds is 6. The Labute approximate surface area is 177 Å². The van der Waals surface area contributed by atoms with E-state index in [1.807, 2.05) is 36.2 Å². The zero-order chi connectivity index (χ0) is 17.6. The summed E-state index contributed by atoms with van der Waals surface area (Å²) in [5.74, 6) is 2.04. The minimum atomic E-state index is 0. The Hall–Kier alpha value is -1.27. The molecule has 2 aromatic rings. The van der Waals surface area contributed by atoms with E-state index in [0.717, 1.165) is 31.6 Å². The van der Waals surface area contributed by atoms with E-state index in [2.05, 4.69) is 10.3 Å². The Morgan fingerprint density at radius 2 is 2.07 bits per heavy atom. The summed E-state index contributed by atoms with van der Waals surface area (Å²) >= 11 is 5.90. The number of halogens is 3. The highest BCUT2D eigenvalue weighted by molar-refractivity contribution is 6.30. The fraction of sp³-hybridized carbons (Fsp3) is 0.474. The van der Waals surface area contributed by atoms with Crippen molar-refractivity contribution in [2.24, 2.45) is 5.92 Å². The van der Waals surface area contributed by atoms with Gasteiger partial charge in [0.25, 0.3) is 0 Å². The van der Waals surface area contributed by atoms with Crippen molar-refractivity contribution in [1.82, 2.24) is 15.2 Å². The molecule has 1 atom stereocenters. The van der Waals surface area contributed by atoms with E-state index in [1.54, 1.807) is 6.20 Å². The number of aryl methyl sites for hydroxylation is 1. The molecule has 5 nitrogen and oxygen atoms in total. The van der Waals surface area contributed by atoms with Gasteiger partial charge in [-0.15, -0.1) is 24.8 Å². The normalized spacial score (nSPS) is 16.4. The number of carbonyl (C=O) groups is 1. The lowest BCUT2D eigenvalue weighted by Crippen LogP contribution is -2.42. The average molecular weight is 435 g/mol. The van der Waals surface area contributed by atoms with Gasteiger partial charge in [-0.05, 0) is 56.6 Å². The smallest absolute Gasteiger partial charge is 0.223 e. The van der Waals surface area contributed by atoms with Gasteiger partial charge in [0.1, 0.15) is 0 Å². The van der Waals surface area contributed by atoms with Gasteiger partial charge in [0.15, 0.2) is 11.7 Å². The topological polar surface area (TPSA) is 58.4 Å². The lowest BCUT2D eigenvalue weighted by molar-refractivity contribution is -0.133. The first-order chi connectivity index (χ1) is 12.2. The van der Waals surface area contributed by atoms with Crippen LogP contribution < -0.4 is 5.32 Å². The quantitative estimate of drug-likeness (QED) is 0.739. The third kappa shape index (κ3) is 6.68. The largest absolute Gasteiger partial charge is 0.441 e. The van der Waals surface area contributed by atoms with Gasteiger partial charge in [0.2, 0.25) is 5.91 Å². The van der Waals surface area contributed by atoms with Gasteiger partial charge >= 0.3 is 0 Å². The predicted molar refractivity (Wildman–Crippen MR) is 113 cm³/mol. The molecule has 1 unspecified atom stereocenters. The molecule has 1 N–H and O–H groups in total. The average Bonchev–Trinajstić information content (AvgIpc) is 3.10. The van der Waals surface area contributed by atoms with Crippen LogP contribution in [0.5, 0.6) is 0 Å². The van der Waals surface area contributed by atoms with E-state index >= 15 is 0 Å². The first kappa shape index (κ1) is 23.8. The highest BCUT2D eigenvalue weighted by atomic mass is 35.5. The van der Waals surface area contributed by atoms with Crippen LogP contribution >= 0.6 is 36.4 Å². The summed E-state index contributed by atoms with van der Waals surface area (Å²) < 4.78 is 5.77. The summed E-state index contributed by atoms with van der Waals surface area (Å²) in [5.41, 5.74) is 0.931. The maximum Gasteiger partial charge on any atom is 0.223 e. The van der Waals surface area contributed by atoms with E-state index in [4.69, 9.17) is 16.0 Å². The molecular weight excluding hydrogens is 409 g/mol. The number of likely N-dealkylation sites (tertiary alicyclic amines) is 1. The summed E-state index contributed by atoms with van der Waals surface area (Å²) in [7, 11) is 1.96. The maximum atomic E-state index is 12.5. The lowest BCUT2D eigenvalue weighted by Gasteiger charge is -2.32. The summed E-state index contributed by atoms with van der Waals surface area (Å²) in [6, 6.07) is 7.43. The van der Waals surface area contributed by atoms with Crippen molar-refractivity contribution in [1.29, 1.82) is 0 Å². The minimum absolute atomic E-state index is 0. The van der Waals surface area contributed by atoms with Crippen LogP contribution in [0.3, 0.4) is 0 Å². The molecule has 1 saturated heterocycles. The van der Waals surface area contributed by atoms with Crippen molar-refractivity contribution >= 4 is 42.3 Å². The van der Waals surface area contributed by atoms with E-state index in [-0.39, 0.29) is 30.7 Å². The van der Waals surface area contributed by atoms with Crippen LogP contribution in [0, 0.1) is 5.92 Å². The molecule has 0 saturated carbocycles. The Bertz CT molecular complexity index is 704. The molecule has 2 heterocycles. The van der Waals surface area contributed by atoms with Crippen LogP contribution in [0.25, 0.3) is 11.3 Å². The molecule has 1 aliphatic heterocycles. The van der Waals surface area contributed by atoms with Crippen LogP contribution in [0.2, 0.25) is 5.02 Å². The number of benzene rings is 1. The number of nitrogens with one attached hydrogen (secondary N) is 1. The molecule has 1 aromatic heterocycles. The third-order valence-corrected chi connectivity index (χ3v) is 4.85. The van der Waals surface area contributed by atoms with Crippen LogP contribution in [0.15, 0.2) is 34.9 Å². The van der Waals surface area contributed by atoms with Crippen LogP contribution in [0.1, 0.15) is 25.2 Å². The van der Waals surface area contributed by atoms with Crippen LogP contribution in [-0.2, 0) is 11.2 Å². The van der Waals surface area contributed by atoms with Crippen molar-refractivity contribution in [3.05, 3.63) is 41.4 Å². The van der Waals surface area contributed by atoms with E-state index < -0.39 is 0 Å². The van der Waals surface area contributed by atoms with E-state index in [0.29, 0.717) is 35.4 Å². The van der Waals surface area contributed by atoms with Crippen LogP contribution in [-0.4, -0.2) is 42.5 Å². The molecule has 27 heavy (non-hydrogen) atoms. The second-order valence-electron chi connectivity index (χ2n) is 6.53. The second kappa shape index (κ2) is 11.5. The van der Waals surface area contributed by atoms with Crippen molar-refractivity contribution in [3.63, 3.8) is 0 Å². The van der Waals surface area contributed by atoms with Gasteiger partial charge in [-0.25, -0.2) is 4.98 Å². The van der Waals surface area contributed by atoms with Crippen LogP contribution in [0.4, 0.5) is 0 Å². The predicted octanol–water partition coefficient (Wildman–Crippen LogP) is 4.23. The molecule has 0 radical (unpaired) electrons. The lowest BCUT2D eigenvalue weighted by atomic mass is 9.97. The standard InChI is InChI=1S/C19H24ClN3O2.2ClH/c1-21-11-14-3-2-10-23(13-14)19(24)9-8-18-22-12-17(25-18)15-4-6-16(20)7-5-15;;/h4-7,12,14,21H,2-3,8-11,13H2,1H3;2*1H. The highest BCUT2D eigenvalue weighted by Gasteiger charge is 2.23. The molecule has 0 bridgehead atoms. The molecular formula is C19H26Cl3N3O2. The van der Waals surface area contributed by atoms with E-state index in [1.165, 1.54) is 6.42 Å². The van der Waals surface area contributed by atoms with Gasteiger partial charge in [-0.1, -0.05) is 11.6 Å². The Morgan fingerprint density at radius 3 is 2.78 bits per heavy atom. The summed E-state index contributed by atoms with van der Waals surface area (Å²) in [5, 5.41) is 3.89. The number of oxazole rings is 1. The van der Waals surface area contributed by atoms with Crippen molar-refractivity contribution in [2.45, 2.75) is 25.7 Å². The summed E-state index contributed by atoms with van der Waals surface area (Å²) in [6.45, 7) is 2.68. The molecule has 0 spiro atoms. The number of aromatic nitrogens is 1. The Kier molecular flexibility index (Phi) is 10.2. The first-order valence-corrected chi connectivity index (χ1v) is 9.16. The summed E-state index contributed by atoms with van der Waals surface area (Å²) in [4.78, 5) is 18.7. The third-order valence-electron chi connectivity index (χ3n) is 4.60. The number of nitrogens with zero attached hydrogens (tertiary/aromatic N) is 2. The fourth-order valence-corrected chi connectivity index (χ4v) is 3.42. The molecule has 8 heteroatoms. The maximum absolute atomic E-state index is 12.5. The Morgan fingerprint density at radius 1 is 1.33 bits per heavy atom. The summed E-state index contributed by atoms with van der Waals surface area (Å²) in [6.07, 6.45) is 4.94. The van der Waals surface area contributed by atoms with Gasteiger partial charge in [0, 0.05) is 36.5 Å². The Balaban J connectivity index is 0.00000182. The molecule has 1 fully saturated rings. The fourth-order valence-electron chi connectivity index (χ4n) is 3.29. The number of piperidine rings is 1. The molecule has 150 valence electrons. The number of carbonyl (C=O) groups excluding carboxylic acids is 1. The second-order valence-corrected chi connectivity index (χ2v) is 6.97. The van der Waals surface area contributed by atoms with Crippen molar-refractivity contribution < 1.29 is 9.21 Å². The zero-order valence-corrected chi connectivity index (χ0v) is 17.7. The SMILES string of the molecule is CNCC1CCCN(C(=O)CCc2ncc(-c3ccc(Cl)cc3)o2)C1.Cl.Cl. The molecule has 0 aliphatic carbocycles. The minimum Gasteiger partial charge on any atom is -0.441 e. The monoisotopic (exact) mass is 433 g/mol. The van der Waals surface area contributed by atoms with Gasteiger partial charge in [0.05, 0.1) is 6.20 Å². The first-order valence-electron chi connectivity index (χ1n) is 8.78. The molecule has 1 aromatic carbocycles. The highest BCUT2D eigenvalue weighted by Crippen LogP contribution is 2.23. The van der Waals surface area contributed by atoms with Gasteiger partial charge in [-0.2, -0.15) is 0 Å². The van der Waals surface area contributed by atoms with Gasteiger partial charge < -0.3 is 14.6 Å². The zero-order valence-electron chi connectivity index (χ0n) is 15.3. The number of hydrogen-bond acceptors (Lipinski definition) is 4. The number of hydrogen-bond donors (Lipinski definition) is 1. The van der Waals surface area contributed by atoms with Gasteiger partial charge in [-0.3, -0.25) is 4.79 Å². The molecule has 1 amide bonds. The number of amides is 1. The van der Waals surface area contributed by atoms with Crippen molar-refractivity contribution in [2.75, 3.05) is 26.7 Å².